The molecule has 0 unspecified atom stereocenters. The summed E-state index contributed by atoms with van der Waals surface area (Å²) in [5.74, 6) is 0. The number of rotatable bonds is 2. The molecule has 14 heavy (non-hydrogen) atoms. The number of aliphatic hydroxyl groups is 1. The van der Waals surface area contributed by atoms with Crippen molar-refractivity contribution in [1.82, 2.24) is 0 Å². The van der Waals surface area contributed by atoms with Gasteiger partial charge in [-0.25, -0.2) is 0 Å². The predicted octanol–water partition coefficient (Wildman–Crippen LogP) is 2.27. The Labute approximate surface area is 85.8 Å². The molecule has 0 radical (unpaired) electrons. The molecule has 1 aliphatic carbocycles. The van der Waals surface area contributed by atoms with Crippen LogP contribution >= 0.6 is 0 Å². The molecule has 2 rings (SSSR count). The van der Waals surface area contributed by atoms with Crippen LogP contribution in [0.3, 0.4) is 0 Å². The van der Waals surface area contributed by atoms with Gasteiger partial charge in [0.1, 0.15) is 0 Å². The van der Waals surface area contributed by atoms with Gasteiger partial charge in [-0.3, -0.25) is 0 Å². The first-order chi connectivity index (χ1) is 6.74. The van der Waals surface area contributed by atoms with E-state index in [0.29, 0.717) is 0 Å². The summed E-state index contributed by atoms with van der Waals surface area (Å²) in [6, 6.07) is 4.59. The van der Waals surface area contributed by atoms with Gasteiger partial charge in [0, 0.05) is 0 Å². The number of hydrogen-bond acceptors (Lipinski definition) is 1. The van der Waals surface area contributed by atoms with Crippen molar-refractivity contribution in [2.75, 3.05) is 0 Å². The Morgan fingerprint density at radius 2 is 1.50 bits per heavy atom. The molecule has 1 aromatic carbocycles. The molecule has 0 spiro atoms. The van der Waals surface area contributed by atoms with Gasteiger partial charge in [-0.2, -0.15) is 0 Å². The number of fused-ring (bicyclic) bond motifs is 1. The molecular weight excluding hydrogens is 172 g/mol. The van der Waals surface area contributed by atoms with Gasteiger partial charge in [-0.1, -0.05) is 26.0 Å². The number of benzene rings is 1. The molecule has 0 saturated carbocycles. The van der Waals surface area contributed by atoms with E-state index in [9.17, 15) is 5.11 Å². The standard InChI is InChI=1S/C13H18O/c1-3-9-5-11-7-13(14)8-12(11)6-10(9)4-2/h5-6,13-14H,3-4,7-8H2,1-2H3. The smallest absolute Gasteiger partial charge is 0.0621 e. The van der Waals surface area contributed by atoms with Crippen molar-refractivity contribution in [3.63, 3.8) is 0 Å². The molecule has 1 nitrogen and oxygen atoms in total. The number of hydrogen-bond donors (Lipinski definition) is 1. The molecule has 0 heterocycles. The molecule has 1 heteroatoms. The van der Waals surface area contributed by atoms with E-state index >= 15 is 0 Å². The molecule has 0 atom stereocenters. The maximum atomic E-state index is 9.58. The lowest BCUT2D eigenvalue weighted by Gasteiger charge is -2.08. The zero-order valence-corrected chi connectivity index (χ0v) is 9.01. The monoisotopic (exact) mass is 190 g/mol. The highest BCUT2D eigenvalue weighted by Gasteiger charge is 2.20. The van der Waals surface area contributed by atoms with Crippen molar-refractivity contribution in [1.29, 1.82) is 0 Å². The SMILES string of the molecule is CCc1cc2c(cc1CC)CC(O)C2. The highest BCUT2D eigenvalue weighted by molar-refractivity contribution is 5.41. The van der Waals surface area contributed by atoms with Gasteiger partial charge in [-0.05, 0) is 47.9 Å². The van der Waals surface area contributed by atoms with E-state index in [4.69, 9.17) is 0 Å². The van der Waals surface area contributed by atoms with Crippen LogP contribution in [0.2, 0.25) is 0 Å². The van der Waals surface area contributed by atoms with Crippen LogP contribution in [0.1, 0.15) is 36.1 Å². The lowest BCUT2D eigenvalue weighted by molar-refractivity contribution is 0.187. The van der Waals surface area contributed by atoms with Crippen LogP contribution < -0.4 is 0 Å². The Bertz CT molecular complexity index is 308. The molecule has 1 N–H and O–H groups in total. The highest BCUT2D eigenvalue weighted by atomic mass is 16.3. The summed E-state index contributed by atoms with van der Waals surface area (Å²) < 4.78 is 0. The average Bonchev–Trinajstić information content (AvgIpc) is 2.54. The number of aryl methyl sites for hydroxylation is 2. The molecule has 1 aromatic rings. The van der Waals surface area contributed by atoms with Crippen molar-refractivity contribution >= 4 is 0 Å². The topological polar surface area (TPSA) is 20.2 Å². The van der Waals surface area contributed by atoms with Crippen LogP contribution in [-0.2, 0) is 25.7 Å². The first-order valence-electron chi connectivity index (χ1n) is 5.56. The van der Waals surface area contributed by atoms with E-state index in [1.165, 1.54) is 22.3 Å². The maximum Gasteiger partial charge on any atom is 0.0621 e. The van der Waals surface area contributed by atoms with Crippen LogP contribution in [-0.4, -0.2) is 11.2 Å². The van der Waals surface area contributed by atoms with E-state index in [2.05, 4.69) is 26.0 Å². The third-order valence-electron chi connectivity index (χ3n) is 3.19. The van der Waals surface area contributed by atoms with Crippen molar-refractivity contribution in [3.05, 3.63) is 34.4 Å². The summed E-state index contributed by atoms with van der Waals surface area (Å²) in [5.41, 5.74) is 5.65. The Morgan fingerprint density at radius 1 is 1.07 bits per heavy atom. The van der Waals surface area contributed by atoms with Gasteiger partial charge >= 0.3 is 0 Å². The second-order valence-electron chi connectivity index (χ2n) is 4.16. The van der Waals surface area contributed by atoms with Gasteiger partial charge in [0.05, 0.1) is 6.10 Å². The summed E-state index contributed by atoms with van der Waals surface area (Å²) in [6.45, 7) is 4.40. The molecule has 0 fully saturated rings. The highest BCUT2D eigenvalue weighted by Crippen LogP contribution is 2.26. The van der Waals surface area contributed by atoms with Crippen molar-refractivity contribution < 1.29 is 5.11 Å². The Morgan fingerprint density at radius 3 is 1.86 bits per heavy atom. The van der Waals surface area contributed by atoms with E-state index < -0.39 is 0 Å². The molecule has 1 aliphatic rings. The molecule has 0 saturated heterocycles. The third-order valence-corrected chi connectivity index (χ3v) is 3.19. The Kier molecular flexibility index (Phi) is 2.60. The lowest BCUT2D eigenvalue weighted by atomic mass is 9.97. The van der Waals surface area contributed by atoms with Crippen molar-refractivity contribution in [2.45, 2.75) is 45.6 Å². The van der Waals surface area contributed by atoms with Gasteiger partial charge in [-0.15, -0.1) is 0 Å². The largest absolute Gasteiger partial charge is 0.392 e. The Balaban J connectivity index is 2.43. The van der Waals surface area contributed by atoms with Crippen molar-refractivity contribution in [2.24, 2.45) is 0 Å². The fraction of sp³-hybridized carbons (Fsp3) is 0.538. The lowest BCUT2D eigenvalue weighted by Crippen LogP contribution is -2.03. The Hall–Kier alpha value is -0.820. The summed E-state index contributed by atoms with van der Waals surface area (Å²) in [5, 5.41) is 9.58. The molecule has 76 valence electrons. The zero-order chi connectivity index (χ0) is 10.1. The molecule has 0 aromatic heterocycles. The van der Waals surface area contributed by atoms with E-state index in [1.807, 2.05) is 0 Å². The van der Waals surface area contributed by atoms with Crippen molar-refractivity contribution in [3.8, 4) is 0 Å². The minimum absolute atomic E-state index is 0.137. The fourth-order valence-corrected chi connectivity index (χ4v) is 2.41. The van der Waals surface area contributed by atoms with Gasteiger partial charge in [0.2, 0.25) is 0 Å². The van der Waals surface area contributed by atoms with E-state index in [1.54, 1.807) is 0 Å². The first-order valence-corrected chi connectivity index (χ1v) is 5.56. The molecule has 0 amide bonds. The summed E-state index contributed by atoms with van der Waals surface area (Å²) in [4.78, 5) is 0. The summed E-state index contributed by atoms with van der Waals surface area (Å²) in [7, 11) is 0. The zero-order valence-electron chi connectivity index (χ0n) is 9.01. The van der Waals surface area contributed by atoms with E-state index in [0.717, 1.165) is 25.7 Å². The minimum Gasteiger partial charge on any atom is -0.392 e. The normalized spacial score (nSPS) is 15.9. The maximum absolute atomic E-state index is 9.58. The van der Waals surface area contributed by atoms with Crippen LogP contribution in [0, 0.1) is 0 Å². The summed E-state index contributed by atoms with van der Waals surface area (Å²) >= 11 is 0. The quantitative estimate of drug-likeness (QED) is 0.758. The molecule has 0 aliphatic heterocycles. The summed E-state index contributed by atoms with van der Waals surface area (Å²) in [6.07, 6.45) is 3.78. The first kappa shape index (κ1) is 9.72. The van der Waals surface area contributed by atoms with Crippen LogP contribution in [0.25, 0.3) is 0 Å². The second-order valence-corrected chi connectivity index (χ2v) is 4.16. The third kappa shape index (κ3) is 1.57. The van der Waals surface area contributed by atoms with Gasteiger partial charge in [0.15, 0.2) is 0 Å². The average molecular weight is 190 g/mol. The minimum atomic E-state index is -0.137. The second kappa shape index (κ2) is 3.74. The molecular formula is C13H18O. The number of aliphatic hydroxyl groups excluding tert-OH is 1. The van der Waals surface area contributed by atoms with Crippen LogP contribution in [0.5, 0.6) is 0 Å². The van der Waals surface area contributed by atoms with E-state index in [-0.39, 0.29) is 6.10 Å². The predicted molar refractivity (Wildman–Crippen MR) is 58.6 cm³/mol. The van der Waals surface area contributed by atoms with Crippen LogP contribution in [0.4, 0.5) is 0 Å². The van der Waals surface area contributed by atoms with Gasteiger partial charge in [0.25, 0.3) is 0 Å². The van der Waals surface area contributed by atoms with Gasteiger partial charge < -0.3 is 5.11 Å². The fourth-order valence-electron chi connectivity index (χ4n) is 2.41. The molecule has 0 bridgehead atoms. The van der Waals surface area contributed by atoms with Crippen LogP contribution in [0.15, 0.2) is 12.1 Å².